The lowest BCUT2D eigenvalue weighted by molar-refractivity contribution is -0.897. The lowest BCUT2D eigenvalue weighted by Crippen LogP contribution is -3.09. The van der Waals surface area contributed by atoms with Crippen LogP contribution in [0.2, 0.25) is 0 Å². The van der Waals surface area contributed by atoms with Gasteiger partial charge in [0.15, 0.2) is 11.5 Å². The second-order valence-corrected chi connectivity index (χ2v) is 6.92. The maximum atomic E-state index is 10.3. The molecule has 6 nitrogen and oxygen atoms in total. The largest absolute Gasteiger partial charge is 0.493 e. The molecule has 0 saturated heterocycles. The summed E-state index contributed by atoms with van der Waals surface area (Å²) in [5.74, 6) is 2.12. The maximum absolute atomic E-state index is 10.3. The van der Waals surface area contributed by atoms with Crippen molar-refractivity contribution in [3.63, 3.8) is 0 Å². The first-order valence-corrected chi connectivity index (χ1v) is 9.26. The van der Waals surface area contributed by atoms with Crippen LogP contribution in [0.4, 0.5) is 0 Å². The van der Waals surface area contributed by atoms with Crippen LogP contribution >= 0.6 is 0 Å². The van der Waals surface area contributed by atoms with Gasteiger partial charge in [-0.2, -0.15) is 5.26 Å². The summed E-state index contributed by atoms with van der Waals surface area (Å²) < 4.78 is 16.4. The normalized spacial score (nSPS) is 12.7. The summed E-state index contributed by atoms with van der Waals surface area (Å²) in [7, 11) is 5.29. The van der Waals surface area contributed by atoms with Crippen molar-refractivity contribution in [1.29, 1.82) is 5.26 Å². The highest BCUT2D eigenvalue weighted by Crippen LogP contribution is 2.29. The van der Waals surface area contributed by atoms with Gasteiger partial charge in [0.05, 0.1) is 33.8 Å². The van der Waals surface area contributed by atoms with Gasteiger partial charge in [0.2, 0.25) is 0 Å². The van der Waals surface area contributed by atoms with Gasteiger partial charge in [0.25, 0.3) is 0 Å². The molecule has 0 aromatic heterocycles. The number of aliphatic hydroxyl groups excluding tert-OH is 1. The van der Waals surface area contributed by atoms with E-state index in [9.17, 15) is 5.11 Å². The standard InChI is InChI=1S/C22H28N2O4/c1-16-11-21(26-3)22(27-4)12-18(16)13-24(2)14-19(25)15-28-20-7-5-17(6-8-20)9-10-23/h5-8,11-12,19,25H,9,13-15H2,1-4H3/p+1/t19-/m0/s1. The number of nitriles is 1. The number of aryl methyl sites for hydroxylation is 1. The van der Waals surface area contributed by atoms with Gasteiger partial charge in [-0.05, 0) is 42.3 Å². The predicted octanol–water partition coefficient (Wildman–Crippen LogP) is 1.53. The number of ether oxygens (including phenoxy) is 3. The number of nitrogens with one attached hydrogen (secondary N) is 1. The van der Waals surface area contributed by atoms with Crippen molar-refractivity contribution in [3.8, 4) is 23.3 Å². The third-order valence-electron chi connectivity index (χ3n) is 4.57. The Labute approximate surface area is 166 Å². The van der Waals surface area contributed by atoms with Gasteiger partial charge in [-0.3, -0.25) is 0 Å². The fourth-order valence-electron chi connectivity index (χ4n) is 3.06. The molecule has 0 amide bonds. The number of methoxy groups -OCH3 is 2. The van der Waals surface area contributed by atoms with Crippen LogP contribution < -0.4 is 19.1 Å². The van der Waals surface area contributed by atoms with Crippen molar-refractivity contribution in [1.82, 2.24) is 0 Å². The molecule has 6 heteroatoms. The van der Waals surface area contributed by atoms with Crippen molar-refractivity contribution in [2.75, 3.05) is 34.4 Å². The van der Waals surface area contributed by atoms with Crippen molar-refractivity contribution < 1.29 is 24.2 Å². The fourth-order valence-corrected chi connectivity index (χ4v) is 3.06. The van der Waals surface area contributed by atoms with E-state index in [1.165, 1.54) is 0 Å². The molecule has 2 atom stereocenters. The van der Waals surface area contributed by atoms with Gasteiger partial charge in [-0.1, -0.05) is 12.1 Å². The first-order valence-electron chi connectivity index (χ1n) is 9.26. The molecule has 0 aliphatic carbocycles. The lowest BCUT2D eigenvalue weighted by Gasteiger charge is -2.20. The Hall–Kier alpha value is -2.75. The van der Waals surface area contributed by atoms with E-state index in [0.717, 1.165) is 33.9 Å². The van der Waals surface area contributed by atoms with Crippen molar-refractivity contribution >= 4 is 0 Å². The highest BCUT2D eigenvalue weighted by Gasteiger charge is 2.16. The molecule has 0 bridgehead atoms. The molecular formula is C22H29N2O4+. The number of benzene rings is 2. The topological polar surface area (TPSA) is 76.2 Å². The average Bonchev–Trinajstić information content (AvgIpc) is 2.68. The van der Waals surface area contributed by atoms with E-state index < -0.39 is 6.10 Å². The monoisotopic (exact) mass is 385 g/mol. The SMILES string of the molecule is COc1cc(C)c(C[NH+](C)C[C@H](O)COc2ccc(CC#N)cc2)cc1OC. The number of nitrogens with zero attached hydrogens (tertiary/aromatic N) is 1. The molecule has 1 unspecified atom stereocenters. The molecule has 0 fully saturated rings. The van der Waals surface area contributed by atoms with Crippen LogP contribution in [0.25, 0.3) is 0 Å². The average molecular weight is 385 g/mol. The molecule has 0 heterocycles. The minimum absolute atomic E-state index is 0.222. The third kappa shape index (κ3) is 6.15. The van der Waals surface area contributed by atoms with Gasteiger partial charge < -0.3 is 24.2 Å². The third-order valence-corrected chi connectivity index (χ3v) is 4.57. The zero-order valence-electron chi connectivity index (χ0n) is 17.0. The fraction of sp³-hybridized carbons (Fsp3) is 0.409. The van der Waals surface area contributed by atoms with Crippen LogP contribution in [0, 0.1) is 18.3 Å². The van der Waals surface area contributed by atoms with Crippen LogP contribution in [-0.2, 0) is 13.0 Å². The lowest BCUT2D eigenvalue weighted by atomic mass is 10.1. The molecule has 2 rings (SSSR count). The molecule has 2 aromatic carbocycles. The summed E-state index contributed by atoms with van der Waals surface area (Å²) >= 11 is 0. The molecule has 2 aromatic rings. The first kappa shape index (κ1) is 21.5. The van der Waals surface area contributed by atoms with E-state index in [1.807, 2.05) is 50.4 Å². The zero-order chi connectivity index (χ0) is 20.5. The molecule has 150 valence electrons. The van der Waals surface area contributed by atoms with Gasteiger partial charge in [-0.25, -0.2) is 0 Å². The Morgan fingerprint density at radius 2 is 1.75 bits per heavy atom. The molecule has 0 aliphatic heterocycles. The summed E-state index contributed by atoms with van der Waals surface area (Å²) in [6, 6.07) is 13.4. The number of quaternary nitrogens is 1. The summed E-state index contributed by atoms with van der Waals surface area (Å²) in [5, 5.41) is 19.0. The van der Waals surface area contributed by atoms with Crippen molar-refractivity contribution in [2.24, 2.45) is 0 Å². The molecule has 0 spiro atoms. The summed E-state index contributed by atoms with van der Waals surface area (Å²) in [4.78, 5) is 1.16. The highest BCUT2D eigenvalue weighted by molar-refractivity contribution is 5.46. The Morgan fingerprint density at radius 1 is 1.11 bits per heavy atom. The number of hydrogen-bond donors (Lipinski definition) is 2. The van der Waals surface area contributed by atoms with E-state index in [0.29, 0.717) is 24.5 Å². The van der Waals surface area contributed by atoms with E-state index in [-0.39, 0.29) is 6.61 Å². The van der Waals surface area contributed by atoms with Crippen LogP contribution in [0.15, 0.2) is 36.4 Å². The number of rotatable bonds is 10. The smallest absolute Gasteiger partial charge is 0.161 e. The predicted molar refractivity (Wildman–Crippen MR) is 107 cm³/mol. The molecule has 28 heavy (non-hydrogen) atoms. The number of likely N-dealkylation sites (N-methyl/N-ethyl adjacent to an activating group) is 1. The van der Waals surface area contributed by atoms with Crippen LogP contribution in [0.5, 0.6) is 17.2 Å². The number of aliphatic hydroxyl groups is 1. The quantitative estimate of drug-likeness (QED) is 0.649. The van der Waals surface area contributed by atoms with Crippen molar-refractivity contribution in [2.45, 2.75) is 26.0 Å². The van der Waals surface area contributed by atoms with E-state index in [2.05, 4.69) is 6.07 Å². The summed E-state index contributed by atoms with van der Waals surface area (Å²) in [6.45, 7) is 3.58. The summed E-state index contributed by atoms with van der Waals surface area (Å²) in [6.07, 6.45) is -0.202. The first-order chi connectivity index (χ1) is 13.5. The minimum atomic E-state index is -0.584. The maximum Gasteiger partial charge on any atom is 0.161 e. The second-order valence-electron chi connectivity index (χ2n) is 6.92. The molecule has 2 N–H and O–H groups in total. The number of hydrogen-bond acceptors (Lipinski definition) is 5. The second kappa shape index (κ2) is 10.5. The Morgan fingerprint density at radius 3 is 2.36 bits per heavy atom. The highest BCUT2D eigenvalue weighted by atomic mass is 16.5. The van der Waals surface area contributed by atoms with Crippen LogP contribution in [0.3, 0.4) is 0 Å². The van der Waals surface area contributed by atoms with Crippen LogP contribution in [0.1, 0.15) is 16.7 Å². The van der Waals surface area contributed by atoms with Gasteiger partial charge >= 0.3 is 0 Å². The molecular weight excluding hydrogens is 356 g/mol. The Balaban J connectivity index is 1.87. The summed E-state index contributed by atoms with van der Waals surface area (Å²) in [5.41, 5.74) is 3.22. The molecule has 0 radical (unpaired) electrons. The van der Waals surface area contributed by atoms with Crippen LogP contribution in [-0.4, -0.2) is 45.6 Å². The van der Waals surface area contributed by atoms with Gasteiger partial charge in [0, 0.05) is 5.56 Å². The van der Waals surface area contributed by atoms with Gasteiger partial charge in [0.1, 0.15) is 31.5 Å². The Kier molecular flexibility index (Phi) is 8.12. The minimum Gasteiger partial charge on any atom is -0.493 e. The zero-order valence-corrected chi connectivity index (χ0v) is 17.0. The van der Waals surface area contributed by atoms with E-state index in [1.54, 1.807) is 14.2 Å². The Bertz CT molecular complexity index is 799. The van der Waals surface area contributed by atoms with E-state index >= 15 is 0 Å². The van der Waals surface area contributed by atoms with Crippen molar-refractivity contribution in [3.05, 3.63) is 53.1 Å². The molecule has 0 aliphatic rings. The molecule has 0 saturated carbocycles. The van der Waals surface area contributed by atoms with Gasteiger partial charge in [-0.15, -0.1) is 0 Å². The van der Waals surface area contributed by atoms with E-state index in [4.69, 9.17) is 19.5 Å².